The molecule has 2 amide bonds. The number of carbonyl (C=O) groups is 1. The van der Waals surface area contributed by atoms with Gasteiger partial charge in [-0.1, -0.05) is 45.0 Å². The topological polar surface area (TPSA) is 81.6 Å². The molecule has 1 rings (SSSR count). The van der Waals surface area contributed by atoms with E-state index in [9.17, 15) is 4.79 Å². The summed E-state index contributed by atoms with van der Waals surface area (Å²) in [7, 11) is 0. The lowest BCUT2D eigenvalue weighted by atomic mass is 9.87. The molecule has 0 radical (unpaired) electrons. The lowest BCUT2D eigenvalue weighted by Gasteiger charge is -2.19. The smallest absolute Gasteiger partial charge is 0.315 e. The minimum Gasteiger partial charge on any atom is -0.394 e. The molecule has 0 saturated heterocycles. The van der Waals surface area contributed by atoms with E-state index in [1.807, 2.05) is 12.1 Å². The van der Waals surface area contributed by atoms with E-state index in [1.165, 1.54) is 5.56 Å². The lowest BCUT2D eigenvalue weighted by molar-refractivity contribution is 0.0959. The molecule has 0 fully saturated rings. The number of amides is 2. The van der Waals surface area contributed by atoms with Crippen LogP contribution in [0.1, 0.15) is 31.9 Å². The zero-order chi connectivity index (χ0) is 15.2. The van der Waals surface area contributed by atoms with Gasteiger partial charge in [0.15, 0.2) is 0 Å². The molecule has 1 aromatic rings. The molecule has 5 heteroatoms. The van der Waals surface area contributed by atoms with Crippen LogP contribution in [0.4, 0.5) is 4.79 Å². The van der Waals surface area contributed by atoms with Crippen LogP contribution >= 0.6 is 0 Å². The first-order valence-electron chi connectivity index (χ1n) is 6.73. The molecule has 0 unspecified atom stereocenters. The second-order valence-electron chi connectivity index (χ2n) is 5.85. The summed E-state index contributed by atoms with van der Waals surface area (Å²) in [5.74, 6) is 0. The Labute approximate surface area is 120 Å². The highest BCUT2D eigenvalue weighted by Crippen LogP contribution is 2.22. The van der Waals surface area contributed by atoms with Crippen LogP contribution in [0, 0.1) is 0 Å². The monoisotopic (exact) mass is 280 g/mol. The van der Waals surface area contributed by atoms with Gasteiger partial charge in [-0.15, -0.1) is 0 Å². The second kappa shape index (κ2) is 7.26. The highest BCUT2D eigenvalue weighted by Gasteiger charge is 2.12. The van der Waals surface area contributed by atoms with Gasteiger partial charge >= 0.3 is 6.03 Å². The first kappa shape index (κ1) is 16.5. The normalized spacial score (nSPS) is 12.8. The molecule has 0 spiro atoms. The number of nitrogens with one attached hydrogen (secondary N) is 2. The fourth-order valence-corrected chi connectivity index (χ4v) is 1.64. The van der Waals surface area contributed by atoms with Crippen LogP contribution in [0.25, 0.3) is 0 Å². The van der Waals surface area contributed by atoms with Gasteiger partial charge < -0.3 is 20.8 Å². The molecule has 0 heterocycles. The minimum atomic E-state index is -0.924. The van der Waals surface area contributed by atoms with Crippen LogP contribution in [0.5, 0.6) is 0 Å². The van der Waals surface area contributed by atoms with Gasteiger partial charge in [0.25, 0.3) is 0 Å². The Morgan fingerprint density at radius 3 is 2.30 bits per heavy atom. The number of aliphatic hydroxyl groups excluding tert-OH is 2. The largest absolute Gasteiger partial charge is 0.394 e. The molecule has 1 aromatic carbocycles. The fourth-order valence-electron chi connectivity index (χ4n) is 1.64. The molecular formula is C15H24N2O3. The molecule has 0 aliphatic carbocycles. The van der Waals surface area contributed by atoms with Crippen molar-refractivity contribution in [3.05, 3.63) is 35.4 Å². The third-order valence-corrected chi connectivity index (χ3v) is 2.98. The number of hydrogen-bond acceptors (Lipinski definition) is 3. The van der Waals surface area contributed by atoms with Crippen molar-refractivity contribution in [2.45, 2.75) is 38.8 Å². The molecular weight excluding hydrogens is 256 g/mol. The maximum absolute atomic E-state index is 11.4. The third kappa shape index (κ3) is 5.59. The summed E-state index contributed by atoms with van der Waals surface area (Å²) in [6.07, 6.45) is -0.924. The van der Waals surface area contributed by atoms with Gasteiger partial charge in [-0.05, 0) is 16.5 Å². The van der Waals surface area contributed by atoms with Crippen molar-refractivity contribution in [2.75, 3.05) is 13.2 Å². The van der Waals surface area contributed by atoms with Crippen LogP contribution in [0.3, 0.4) is 0 Å². The number of rotatable bonds is 5. The maximum atomic E-state index is 11.4. The van der Waals surface area contributed by atoms with E-state index >= 15 is 0 Å². The highest BCUT2D eigenvalue weighted by atomic mass is 16.3. The van der Waals surface area contributed by atoms with Crippen molar-refractivity contribution < 1.29 is 15.0 Å². The molecule has 1 atom stereocenters. The summed E-state index contributed by atoms with van der Waals surface area (Å²) < 4.78 is 0. The standard InChI is InChI=1S/C15H24N2O3/c1-15(2,3)12-6-4-11(5-7-12)8-16-14(20)17-9-13(19)10-18/h4-7,13,18-19H,8-10H2,1-3H3,(H2,16,17,20)/t13-/m1/s1. The average molecular weight is 280 g/mol. The number of aliphatic hydroxyl groups is 2. The van der Waals surface area contributed by atoms with Crippen molar-refractivity contribution in [3.63, 3.8) is 0 Å². The Morgan fingerprint density at radius 2 is 1.80 bits per heavy atom. The molecule has 5 nitrogen and oxygen atoms in total. The van der Waals surface area contributed by atoms with E-state index in [2.05, 4.69) is 43.5 Å². The Kier molecular flexibility index (Phi) is 5.98. The summed E-state index contributed by atoms with van der Waals surface area (Å²) in [5, 5.41) is 22.9. The number of hydrogen-bond donors (Lipinski definition) is 4. The first-order valence-corrected chi connectivity index (χ1v) is 6.73. The van der Waals surface area contributed by atoms with Gasteiger partial charge in [-0.2, -0.15) is 0 Å². The second-order valence-corrected chi connectivity index (χ2v) is 5.85. The van der Waals surface area contributed by atoms with Crippen molar-refractivity contribution in [3.8, 4) is 0 Å². The summed E-state index contributed by atoms with van der Waals surface area (Å²) in [6.45, 7) is 6.55. The fraction of sp³-hybridized carbons (Fsp3) is 0.533. The van der Waals surface area contributed by atoms with Gasteiger partial charge in [-0.25, -0.2) is 4.79 Å². The van der Waals surface area contributed by atoms with E-state index in [0.717, 1.165) is 5.56 Å². The van der Waals surface area contributed by atoms with Gasteiger partial charge in [0.2, 0.25) is 0 Å². The maximum Gasteiger partial charge on any atom is 0.315 e. The average Bonchev–Trinajstić information content (AvgIpc) is 2.41. The van der Waals surface area contributed by atoms with E-state index in [0.29, 0.717) is 6.54 Å². The third-order valence-electron chi connectivity index (χ3n) is 2.98. The van der Waals surface area contributed by atoms with Crippen molar-refractivity contribution in [1.29, 1.82) is 0 Å². The predicted octanol–water partition coefficient (Wildman–Crippen LogP) is 1.14. The zero-order valence-corrected chi connectivity index (χ0v) is 12.3. The van der Waals surface area contributed by atoms with Crippen LogP contribution in [0.2, 0.25) is 0 Å². The number of urea groups is 1. The van der Waals surface area contributed by atoms with Gasteiger partial charge in [-0.3, -0.25) is 0 Å². The number of benzene rings is 1. The minimum absolute atomic E-state index is 0.0330. The van der Waals surface area contributed by atoms with Crippen LogP contribution < -0.4 is 10.6 Å². The van der Waals surface area contributed by atoms with Gasteiger partial charge in [0.1, 0.15) is 0 Å². The molecule has 112 valence electrons. The molecule has 0 bridgehead atoms. The quantitative estimate of drug-likeness (QED) is 0.653. The lowest BCUT2D eigenvalue weighted by Crippen LogP contribution is -2.40. The van der Waals surface area contributed by atoms with Crippen molar-refractivity contribution in [2.24, 2.45) is 0 Å². The summed E-state index contributed by atoms with van der Waals surface area (Å²) >= 11 is 0. The Bertz CT molecular complexity index is 424. The highest BCUT2D eigenvalue weighted by molar-refractivity contribution is 5.73. The Balaban J connectivity index is 2.40. The summed E-state index contributed by atoms with van der Waals surface area (Å²) in [6, 6.07) is 7.74. The van der Waals surface area contributed by atoms with Crippen LogP contribution in [0.15, 0.2) is 24.3 Å². The predicted molar refractivity (Wildman–Crippen MR) is 78.5 cm³/mol. The van der Waals surface area contributed by atoms with E-state index in [4.69, 9.17) is 10.2 Å². The molecule has 4 N–H and O–H groups in total. The zero-order valence-electron chi connectivity index (χ0n) is 12.3. The van der Waals surface area contributed by atoms with Gasteiger partial charge in [0, 0.05) is 13.1 Å². The molecule has 0 saturated carbocycles. The Morgan fingerprint density at radius 1 is 1.20 bits per heavy atom. The molecule has 0 aliphatic heterocycles. The van der Waals surface area contributed by atoms with Crippen molar-refractivity contribution >= 4 is 6.03 Å². The van der Waals surface area contributed by atoms with Gasteiger partial charge in [0.05, 0.1) is 12.7 Å². The van der Waals surface area contributed by atoms with Crippen molar-refractivity contribution in [1.82, 2.24) is 10.6 Å². The van der Waals surface area contributed by atoms with E-state index in [1.54, 1.807) is 0 Å². The van der Waals surface area contributed by atoms with E-state index < -0.39 is 6.10 Å². The number of carbonyl (C=O) groups excluding carboxylic acids is 1. The van der Waals surface area contributed by atoms with E-state index in [-0.39, 0.29) is 24.6 Å². The SMILES string of the molecule is CC(C)(C)c1ccc(CNC(=O)NC[C@@H](O)CO)cc1. The molecule has 20 heavy (non-hydrogen) atoms. The summed E-state index contributed by atoms with van der Waals surface area (Å²) in [4.78, 5) is 11.4. The summed E-state index contributed by atoms with van der Waals surface area (Å²) in [5.41, 5.74) is 2.37. The Hall–Kier alpha value is -1.59. The van der Waals surface area contributed by atoms with Crippen LogP contribution in [-0.2, 0) is 12.0 Å². The first-order chi connectivity index (χ1) is 9.32. The van der Waals surface area contributed by atoms with Crippen LogP contribution in [-0.4, -0.2) is 35.5 Å². The molecule has 0 aromatic heterocycles. The molecule has 0 aliphatic rings.